The van der Waals surface area contributed by atoms with Gasteiger partial charge in [0.15, 0.2) is 0 Å². The lowest BCUT2D eigenvalue weighted by molar-refractivity contribution is -0.121. The largest absolute Gasteiger partial charge is 0.369 e. The lowest BCUT2D eigenvalue weighted by Crippen LogP contribution is -2.27. The van der Waals surface area contributed by atoms with Crippen molar-refractivity contribution in [2.75, 3.05) is 0 Å². The highest BCUT2D eigenvalue weighted by molar-refractivity contribution is 6.31. The molecule has 1 unspecified atom stereocenters. The van der Waals surface area contributed by atoms with Crippen LogP contribution in [0.25, 0.3) is 5.57 Å². The second-order valence-electron chi connectivity index (χ2n) is 4.67. The van der Waals surface area contributed by atoms with Crippen molar-refractivity contribution in [3.05, 3.63) is 39.4 Å². The Morgan fingerprint density at radius 3 is 3.17 bits per heavy atom. The molecule has 0 aromatic heterocycles. The van der Waals surface area contributed by atoms with Gasteiger partial charge in [-0.1, -0.05) is 17.6 Å². The van der Waals surface area contributed by atoms with Crippen LogP contribution in [0.1, 0.15) is 42.7 Å². The van der Waals surface area contributed by atoms with E-state index in [1.54, 1.807) is 13.0 Å². The molecule has 1 atom stereocenters. The quantitative estimate of drug-likeness (QED) is 0.833. The molecule has 0 fully saturated rings. The van der Waals surface area contributed by atoms with E-state index >= 15 is 0 Å². The number of amides is 1. The predicted octanol–water partition coefficient (Wildman–Crippen LogP) is 3.24. The minimum Gasteiger partial charge on any atom is -0.369 e. The average molecular weight is 267 g/mol. The Balaban J connectivity index is 2.32. The summed E-state index contributed by atoms with van der Waals surface area (Å²) < 4.78 is 40.9. The van der Waals surface area contributed by atoms with Crippen LogP contribution in [0, 0.1) is 12.8 Å². The molecule has 2 aliphatic rings. The average Bonchev–Trinajstić information content (AvgIpc) is 2.80. The summed E-state index contributed by atoms with van der Waals surface area (Å²) in [6.45, 7) is 1.71. The first-order valence-electron chi connectivity index (χ1n) is 8.31. The van der Waals surface area contributed by atoms with E-state index < -0.39 is 24.6 Å². The van der Waals surface area contributed by atoms with Crippen LogP contribution < -0.4 is 5.73 Å². The maximum atomic E-state index is 11.8. The van der Waals surface area contributed by atoms with Crippen molar-refractivity contribution in [3.63, 3.8) is 0 Å². The van der Waals surface area contributed by atoms with Crippen molar-refractivity contribution in [2.24, 2.45) is 11.7 Å². The van der Waals surface area contributed by atoms with Crippen LogP contribution in [0.4, 0.5) is 0 Å². The lowest BCUT2D eigenvalue weighted by atomic mass is 9.82. The molecule has 2 N–H and O–H groups in total. The molecule has 18 heavy (non-hydrogen) atoms. The van der Waals surface area contributed by atoms with Gasteiger partial charge in [0.25, 0.3) is 0 Å². The lowest BCUT2D eigenvalue weighted by Gasteiger charge is -2.22. The first kappa shape index (κ1) is 7.34. The number of primary amides is 1. The van der Waals surface area contributed by atoms with Crippen molar-refractivity contribution in [3.8, 4) is 0 Å². The monoisotopic (exact) mass is 266 g/mol. The SMILES string of the molecule is [2H]c1c(C)c(Cl)cc2c1CC1=C2C([2H])([2H])C([2H])([2H])CC1C(N)=O. The number of benzene rings is 1. The second-order valence-corrected chi connectivity index (χ2v) is 5.08. The first-order valence-corrected chi connectivity index (χ1v) is 6.18. The summed E-state index contributed by atoms with van der Waals surface area (Å²) in [6, 6.07) is 1.78. The fraction of sp³-hybridized carbons (Fsp3) is 0.400. The molecule has 0 aliphatic heterocycles. The van der Waals surface area contributed by atoms with Gasteiger partial charge in [0, 0.05) is 10.5 Å². The van der Waals surface area contributed by atoms with Gasteiger partial charge in [-0.05, 0) is 66.4 Å². The number of carbonyl (C=O) groups excluding carboxylic acids is 1. The Morgan fingerprint density at radius 2 is 2.44 bits per heavy atom. The number of halogens is 1. The van der Waals surface area contributed by atoms with E-state index in [4.69, 9.17) is 24.2 Å². The van der Waals surface area contributed by atoms with E-state index in [-0.39, 0.29) is 24.5 Å². The summed E-state index contributed by atoms with van der Waals surface area (Å²) in [5.41, 5.74) is 7.67. The molecule has 0 radical (unpaired) electrons. The van der Waals surface area contributed by atoms with Gasteiger partial charge in [-0.15, -0.1) is 0 Å². The highest BCUT2D eigenvalue weighted by Crippen LogP contribution is 2.45. The molecular formula is C15H16ClNO. The summed E-state index contributed by atoms with van der Waals surface area (Å²) in [4.78, 5) is 11.8. The van der Waals surface area contributed by atoms with Gasteiger partial charge in [-0.25, -0.2) is 0 Å². The molecule has 0 saturated carbocycles. The summed E-state index contributed by atoms with van der Waals surface area (Å²) in [7, 11) is 0. The van der Waals surface area contributed by atoms with Crippen LogP contribution in [-0.2, 0) is 11.2 Å². The number of rotatable bonds is 1. The Kier molecular flexibility index (Phi) is 1.68. The Bertz CT molecular complexity index is 772. The summed E-state index contributed by atoms with van der Waals surface area (Å²) in [5.74, 6) is -1.53. The molecule has 3 heteroatoms. The fourth-order valence-electron chi connectivity index (χ4n) is 2.57. The molecule has 2 nitrogen and oxygen atoms in total. The summed E-state index contributed by atoms with van der Waals surface area (Å²) >= 11 is 6.14. The van der Waals surface area contributed by atoms with Crippen molar-refractivity contribution < 1.29 is 11.6 Å². The van der Waals surface area contributed by atoms with Gasteiger partial charge in [0.2, 0.25) is 5.91 Å². The van der Waals surface area contributed by atoms with Crippen LogP contribution in [-0.4, -0.2) is 5.91 Å². The third-order valence-corrected chi connectivity index (χ3v) is 3.93. The smallest absolute Gasteiger partial charge is 0.224 e. The normalized spacial score (nSPS) is 31.4. The third-order valence-electron chi connectivity index (χ3n) is 3.53. The molecule has 0 saturated heterocycles. The van der Waals surface area contributed by atoms with Crippen LogP contribution in [0.3, 0.4) is 0 Å². The predicted molar refractivity (Wildman–Crippen MR) is 73.3 cm³/mol. The highest BCUT2D eigenvalue weighted by Gasteiger charge is 2.33. The first-order chi connectivity index (χ1) is 10.5. The van der Waals surface area contributed by atoms with E-state index in [0.29, 0.717) is 27.3 Å². The molecular weight excluding hydrogens is 246 g/mol. The Labute approximate surface area is 119 Å². The van der Waals surface area contributed by atoms with Crippen LogP contribution >= 0.6 is 11.6 Å². The van der Waals surface area contributed by atoms with Crippen LogP contribution in [0.15, 0.2) is 17.7 Å². The van der Waals surface area contributed by atoms with E-state index in [1.807, 2.05) is 0 Å². The fourth-order valence-corrected chi connectivity index (χ4v) is 2.73. The minimum atomic E-state index is -2.27. The molecule has 0 bridgehead atoms. The topological polar surface area (TPSA) is 43.1 Å². The number of allylic oxidation sites excluding steroid dienone is 1. The molecule has 1 amide bonds. The van der Waals surface area contributed by atoms with Crippen LogP contribution in [0.2, 0.25) is 5.02 Å². The van der Waals surface area contributed by atoms with E-state index in [9.17, 15) is 4.79 Å². The van der Waals surface area contributed by atoms with Gasteiger partial charge in [0.1, 0.15) is 0 Å². The molecule has 3 rings (SSSR count). The van der Waals surface area contributed by atoms with E-state index in [1.165, 1.54) is 0 Å². The van der Waals surface area contributed by atoms with Crippen molar-refractivity contribution in [1.29, 1.82) is 0 Å². The van der Waals surface area contributed by atoms with Crippen molar-refractivity contribution >= 4 is 23.1 Å². The minimum absolute atomic E-state index is 0.142. The summed E-state index contributed by atoms with van der Waals surface area (Å²) in [6.07, 6.45) is -4.55. The maximum absolute atomic E-state index is 11.8. The van der Waals surface area contributed by atoms with Gasteiger partial charge >= 0.3 is 0 Å². The van der Waals surface area contributed by atoms with E-state index in [2.05, 4.69) is 0 Å². The third kappa shape index (κ3) is 1.67. The second kappa shape index (κ2) is 4.13. The number of carbonyl (C=O) groups is 1. The van der Waals surface area contributed by atoms with Crippen molar-refractivity contribution in [2.45, 2.75) is 32.5 Å². The Hall–Kier alpha value is -1.28. The molecule has 94 valence electrons. The molecule has 2 aliphatic carbocycles. The number of nitrogens with two attached hydrogens (primary N) is 1. The molecule has 0 spiro atoms. The van der Waals surface area contributed by atoms with Gasteiger partial charge in [-0.3, -0.25) is 4.79 Å². The van der Waals surface area contributed by atoms with Crippen molar-refractivity contribution in [1.82, 2.24) is 0 Å². The summed E-state index contributed by atoms with van der Waals surface area (Å²) in [5, 5.41) is 0.333. The standard InChI is InChI=1S/C15H16ClNO/c1-8-5-9-6-13-10(12(9)7-14(8)16)3-2-4-11(13)15(17)18/h5,7,11H,2-4,6H2,1H3,(H2,17,18)/i2D2,3D2,5D. The molecule has 1 aromatic rings. The number of hydrogen-bond donors (Lipinski definition) is 1. The van der Waals surface area contributed by atoms with Gasteiger partial charge in [0.05, 0.1) is 7.29 Å². The highest BCUT2D eigenvalue weighted by atomic mass is 35.5. The number of hydrogen-bond acceptors (Lipinski definition) is 1. The van der Waals surface area contributed by atoms with E-state index in [0.717, 1.165) is 0 Å². The molecule has 1 aromatic carbocycles. The van der Waals surface area contributed by atoms with Crippen LogP contribution in [0.5, 0.6) is 0 Å². The zero-order chi connectivity index (χ0) is 17.3. The Morgan fingerprint density at radius 1 is 1.67 bits per heavy atom. The van der Waals surface area contributed by atoms with Gasteiger partial charge in [-0.2, -0.15) is 0 Å². The zero-order valence-electron chi connectivity index (χ0n) is 14.9. The molecule has 0 heterocycles. The number of fused-ring (bicyclic) bond motifs is 2. The van der Waals surface area contributed by atoms with Gasteiger partial charge < -0.3 is 5.73 Å². The maximum Gasteiger partial charge on any atom is 0.224 e. The zero-order valence-corrected chi connectivity index (χ0v) is 10.7.